The summed E-state index contributed by atoms with van der Waals surface area (Å²) in [5.41, 5.74) is 1.33. The van der Waals surface area contributed by atoms with E-state index in [1.54, 1.807) is 18.2 Å². The van der Waals surface area contributed by atoms with Crippen LogP contribution in [-0.4, -0.2) is 5.91 Å². The molecule has 0 aliphatic carbocycles. The summed E-state index contributed by atoms with van der Waals surface area (Å²) in [6.45, 7) is 0. The largest absolute Gasteiger partial charge is 0.326 e. The minimum atomic E-state index is -0.260. The first-order valence-corrected chi connectivity index (χ1v) is 7.02. The van der Waals surface area contributed by atoms with Crippen LogP contribution in [0.15, 0.2) is 48.5 Å². The van der Waals surface area contributed by atoms with Crippen LogP contribution in [0.4, 0.5) is 10.1 Å². The molecule has 2 aromatic rings. The van der Waals surface area contributed by atoms with Crippen molar-refractivity contribution >= 4 is 34.2 Å². The molecule has 2 nitrogen and oxygen atoms in total. The van der Waals surface area contributed by atoms with E-state index in [1.807, 2.05) is 24.3 Å². The van der Waals surface area contributed by atoms with Gasteiger partial charge in [0.1, 0.15) is 5.82 Å². The molecule has 0 fully saturated rings. The van der Waals surface area contributed by atoms with Crippen molar-refractivity contribution in [1.82, 2.24) is 0 Å². The molecular weight excluding hydrogens is 356 g/mol. The Morgan fingerprint density at radius 2 is 1.79 bits per heavy atom. The van der Waals surface area contributed by atoms with Gasteiger partial charge in [0.2, 0.25) is 5.91 Å². The molecule has 0 aliphatic rings. The van der Waals surface area contributed by atoms with Gasteiger partial charge in [0.25, 0.3) is 0 Å². The molecule has 0 aromatic heterocycles. The van der Waals surface area contributed by atoms with Crippen LogP contribution in [0.1, 0.15) is 12.0 Å². The van der Waals surface area contributed by atoms with Crippen LogP contribution in [0.3, 0.4) is 0 Å². The SMILES string of the molecule is O=C(CCc1ccccc1F)Nc1ccc(I)cc1. The summed E-state index contributed by atoms with van der Waals surface area (Å²) in [6, 6.07) is 14.1. The Hall–Kier alpha value is -1.43. The van der Waals surface area contributed by atoms with Crippen molar-refractivity contribution in [3.8, 4) is 0 Å². The minimum absolute atomic E-state index is 0.107. The summed E-state index contributed by atoms with van der Waals surface area (Å²) in [7, 11) is 0. The molecule has 98 valence electrons. The average Bonchev–Trinajstić information content (AvgIpc) is 2.40. The van der Waals surface area contributed by atoms with Crippen LogP contribution in [0, 0.1) is 9.39 Å². The first-order valence-electron chi connectivity index (χ1n) is 5.94. The number of anilines is 1. The first kappa shape index (κ1) is 14.0. The smallest absolute Gasteiger partial charge is 0.224 e. The van der Waals surface area contributed by atoms with E-state index in [1.165, 1.54) is 6.07 Å². The molecule has 0 radical (unpaired) electrons. The molecule has 0 heterocycles. The van der Waals surface area contributed by atoms with Crippen molar-refractivity contribution in [2.75, 3.05) is 5.32 Å². The Kier molecular flexibility index (Phi) is 4.90. The van der Waals surface area contributed by atoms with Crippen molar-refractivity contribution in [2.45, 2.75) is 12.8 Å². The van der Waals surface area contributed by atoms with Gasteiger partial charge in [-0.15, -0.1) is 0 Å². The lowest BCUT2D eigenvalue weighted by Crippen LogP contribution is -2.12. The second kappa shape index (κ2) is 6.65. The van der Waals surface area contributed by atoms with E-state index in [-0.39, 0.29) is 18.1 Å². The highest BCUT2D eigenvalue weighted by Crippen LogP contribution is 2.13. The number of hydrogen-bond donors (Lipinski definition) is 1. The van der Waals surface area contributed by atoms with Gasteiger partial charge in [-0.3, -0.25) is 4.79 Å². The van der Waals surface area contributed by atoms with Crippen LogP contribution >= 0.6 is 22.6 Å². The van der Waals surface area contributed by atoms with E-state index in [9.17, 15) is 9.18 Å². The van der Waals surface area contributed by atoms with E-state index in [0.29, 0.717) is 12.0 Å². The highest BCUT2D eigenvalue weighted by atomic mass is 127. The topological polar surface area (TPSA) is 29.1 Å². The molecule has 0 unspecified atom stereocenters. The van der Waals surface area contributed by atoms with Crippen molar-refractivity contribution in [3.05, 3.63) is 63.5 Å². The predicted molar refractivity (Wildman–Crippen MR) is 82.5 cm³/mol. The summed E-state index contributed by atoms with van der Waals surface area (Å²) in [5.74, 6) is -0.367. The van der Waals surface area contributed by atoms with Crippen LogP contribution < -0.4 is 5.32 Å². The minimum Gasteiger partial charge on any atom is -0.326 e. The fraction of sp³-hybridized carbons (Fsp3) is 0.133. The number of hydrogen-bond acceptors (Lipinski definition) is 1. The highest BCUT2D eigenvalue weighted by Gasteiger charge is 2.06. The Bertz CT molecular complexity index is 569. The van der Waals surface area contributed by atoms with E-state index < -0.39 is 0 Å². The molecule has 1 N–H and O–H groups in total. The molecule has 0 saturated heterocycles. The number of carbonyl (C=O) groups excluding carboxylic acids is 1. The number of carbonyl (C=O) groups is 1. The van der Waals surface area contributed by atoms with Gasteiger partial charge in [0, 0.05) is 15.7 Å². The molecule has 0 spiro atoms. The molecule has 2 aromatic carbocycles. The van der Waals surface area contributed by atoms with Crippen molar-refractivity contribution in [1.29, 1.82) is 0 Å². The van der Waals surface area contributed by atoms with Crippen molar-refractivity contribution in [2.24, 2.45) is 0 Å². The van der Waals surface area contributed by atoms with Gasteiger partial charge in [-0.25, -0.2) is 4.39 Å². The zero-order chi connectivity index (χ0) is 13.7. The molecule has 0 bridgehead atoms. The molecular formula is C15H13FINO. The van der Waals surface area contributed by atoms with Gasteiger partial charge in [-0.05, 0) is 64.9 Å². The predicted octanol–water partition coefficient (Wildman–Crippen LogP) is 4.00. The number of amides is 1. The summed E-state index contributed by atoms with van der Waals surface area (Å²) >= 11 is 2.20. The quantitative estimate of drug-likeness (QED) is 0.811. The highest BCUT2D eigenvalue weighted by molar-refractivity contribution is 14.1. The molecule has 0 atom stereocenters. The van der Waals surface area contributed by atoms with Crippen molar-refractivity contribution in [3.63, 3.8) is 0 Å². The van der Waals surface area contributed by atoms with Gasteiger partial charge < -0.3 is 5.32 Å². The van der Waals surface area contributed by atoms with Crippen molar-refractivity contribution < 1.29 is 9.18 Å². The monoisotopic (exact) mass is 369 g/mol. The van der Waals surface area contributed by atoms with E-state index >= 15 is 0 Å². The number of halogens is 2. The van der Waals surface area contributed by atoms with Crippen LogP contribution in [0.5, 0.6) is 0 Å². The Balaban J connectivity index is 1.88. The lowest BCUT2D eigenvalue weighted by atomic mass is 10.1. The molecule has 19 heavy (non-hydrogen) atoms. The van der Waals surface area contributed by atoms with Gasteiger partial charge >= 0.3 is 0 Å². The Labute approximate surface area is 125 Å². The summed E-state index contributed by atoms with van der Waals surface area (Å²) in [6.07, 6.45) is 0.676. The van der Waals surface area contributed by atoms with Crippen LogP contribution in [0.2, 0.25) is 0 Å². The maximum absolute atomic E-state index is 13.4. The molecule has 1 amide bonds. The third-order valence-electron chi connectivity index (χ3n) is 2.71. The number of benzene rings is 2. The van der Waals surface area contributed by atoms with Gasteiger partial charge in [-0.2, -0.15) is 0 Å². The molecule has 0 aliphatic heterocycles. The second-order valence-electron chi connectivity index (χ2n) is 4.15. The number of aryl methyl sites for hydroxylation is 1. The van der Waals surface area contributed by atoms with Crippen LogP contribution in [-0.2, 0) is 11.2 Å². The van der Waals surface area contributed by atoms with E-state index in [2.05, 4.69) is 27.9 Å². The Morgan fingerprint density at radius 3 is 2.47 bits per heavy atom. The van der Waals surface area contributed by atoms with Gasteiger partial charge in [-0.1, -0.05) is 18.2 Å². The first-order chi connectivity index (χ1) is 9.15. The number of rotatable bonds is 4. The summed E-state index contributed by atoms with van der Waals surface area (Å²) in [5, 5.41) is 2.79. The second-order valence-corrected chi connectivity index (χ2v) is 5.39. The third-order valence-corrected chi connectivity index (χ3v) is 3.43. The standard InChI is InChI=1S/C15H13FINO/c16-14-4-2-1-3-11(14)5-10-15(19)18-13-8-6-12(17)7-9-13/h1-4,6-9H,5,10H2,(H,18,19). The molecule has 2 rings (SSSR count). The molecule has 0 saturated carbocycles. The maximum atomic E-state index is 13.4. The number of nitrogens with one attached hydrogen (secondary N) is 1. The zero-order valence-electron chi connectivity index (χ0n) is 10.2. The summed E-state index contributed by atoms with van der Waals surface area (Å²) in [4.78, 5) is 11.7. The Morgan fingerprint density at radius 1 is 1.11 bits per heavy atom. The lowest BCUT2D eigenvalue weighted by molar-refractivity contribution is -0.116. The fourth-order valence-electron chi connectivity index (χ4n) is 1.71. The average molecular weight is 369 g/mol. The van der Waals surface area contributed by atoms with E-state index in [0.717, 1.165) is 9.26 Å². The lowest BCUT2D eigenvalue weighted by Gasteiger charge is -2.06. The van der Waals surface area contributed by atoms with Crippen LogP contribution in [0.25, 0.3) is 0 Å². The fourth-order valence-corrected chi connectivity index (χ4v) is 2.07. The van der Waals surface area contributed by atoms with Gasteiger partial charge in [0.05, 0.1) is 0 Å². The van der Waals surface area contributed by atoms with E-state index in [4.69, 9.17) is 0 Å². The maximum Gasteiger partial charge on any atom is 0.224 e. The normalized spacial score (nSPS) is 10.2. The van der Waals surface area contributed by atoms with Gasteiger partial charge in [0.15, 0.2) is 0 Å². The zero-order valence-corrected chi connectivity index (χ0v) is 12.4. The third kappa shape index (κ3) is 4.31. The molecule has 4 heteroatoms. The summed E-state index contributed by atoms with van der Waals surface area (Å²) < 4.78 is 14.5.